The Morgan fingerprint density at radius 2 is 1.78 bits per heavy atom. The maximum absolute atomic E-state index is 13.2. The van der Waals surface area contributed by atoms with Crippen LogP contribution in [0.3, 0.4) is 0 Å². The monoisotopic (exact) mass is 450 g/mol. The van der Waals surface area contributed by atoms with Crippen molar-refractivity contribution in [3.63, 3.8) is 0 Å². The minimum absolute atomic E-state index is 0.223. The smallest absolute Gasteiger partial charge is 0.260 e. The Kier molecular flexibility index (Phi) is 7.28. The summed E-state index contributed by atoms with van der Waals surface area (Å²) in [6, 6.07) is 18.6. The number of anilines is 1. The highest BCUT2D eigenvalue weighted by Gasteiger charge is 2.22. The van der Waals surface area contributed by atoms with Crippen LogP contribution in [0.15, 0.2) is 54.6 Å². The van der Waals surface area contributed by atoms with E-state index in [9.17, 15) is 4.79 Å². The van der Waals surface area contributed by atoms with Gasteiger partial charge in [0.2, 0.25) is 0 Å². The van der Waals surface area contributed by atoms with Crippen LogP contribution < -0.4 is 5.32 Å². The number of hydrogen-bond acceptors (Lipinski definition) is 3. The number of rotatable bonds is 7. The molecule has 0 unspecified atom stereocenters. The molecule has 1 aliphatic carbocycles. The van der Waals surface area contributed by atoms with Crippen LogP contribution in [-0.4, -0.2) is 33.7 Å². The minimum atomic E-state index is -0.223. The molecule has 1 aliphatic rings. The summed E-state index contributed by atoms with van der Waals surface area (Å²) >= 11 is 6.60. The lowest BCUT2D eigenvalue weighted by atomic mass is 9.94. The van der Waals surface area contributed by atoms with Gasteiger partial charge in [0, 0.05) is 18.3 Å². The standard InChI is InChI=1S/C26H31ClN4O/c1-19-24(25(27)31(29-19)17-20-11-5-3-6-12-20)26(32)28-23-16-10-9-13-21(23)18-30(2)22-14-7-4-8-15-22/h3,5-6,9-13,16,22H,4,7-8,14-15,17-18H2,1-2H3,(H,28,32). The number of halogens is 1. The molecule has 1 heterocycles. The number of carbonyl (C=O) groups excluding carboxylic acids is 1. The van der Waals surface area contributed by atoms with E-state index in [-0.39, 0.29) is 5.91 Å². The molecule has 0 bridgehead atoms. The van der Waals surface area contributed by atoms with E-state index in [1.807, 2.05) is 55.5 Å². The van der Waals surface area contributed by atoms with Crippen LogP contribution in [0.25, 0.3) is 0 Å². The molecule has 0 aliphatic heterocycles. The maximum atomic E-state index is 13.2. The number of benzene rings is 2. The topological polar surface area (TPSA) is 50.2 Å². The molecule has 168 valence electrons. The Labute approximate surface area is 195 Å². The number of aryl methyl sites for hydroxylation is 1. The number of para-hydroxylation sites is 1. The Morgan fingerprint density at radius 3 is 2.53 bits per heavy atom. The molecule has 0 spiro atoms. The molecule has 0 saturated heterocycles. The van der Waals surface area contributed by atoms with E-state index in [1.165, 1.54) is 32.1 Å². The summed E-state index contributed by atoms with van der Waals surface area (Å²) in [7, 11) is 2.18. The molecule has 1 N–H and O–H groups in total. The number of amides is 1. The summed E-state index contributed by atoms with van der Waals surface area (Å²) in [4.78, 5) is 15.6. The van der Waals surface area contributed by atoms with Gasteiger partial charge in [0.15, 0.2) is 0 Å². The van der Waals surface area contributed by atoms with Crippen molar-refractivity contribution in [1.82, 2.24) is 14.7 Å². The highest BCUT2D eigenvalue weighted by Crippen LogP contribution is 2.26. The molecule has 4 rings (SSSR count). The molecule has 6 heteroatoms. The molecule has 2 aromatic carbocycles. The number of aromatic nitrogens is 2. The van der Waals surface area contributed by atoms with Crippen molar-refractivity contribution in [1.29, 1.82) is 0 Å². The normalized spacial score (nSPS) is 14.6. The first-order valence-electron chi connectivity index (χ1n) is 11.4. The lowest BCUT2D eigenvalue weighted by molar-refractivity contribution is 0.102. The summed E-state index contributed by atoms with van der Waals surface area (Å²) in [6.07, 6.45) is 6.45. The molecule has 1 saturated carbocycles. The lowest BCUT2D eigenvalue weighted by Gasteiger charge is -2.31. The number of nitrogens with zero attached hydrogens (tertiary/aromatic N) is 3. The second kappa shape index (κ2) is 10.3. The zero-order chi connectivity index (χ0) is 22.5. The SMILES string of the molecule is Cc1nn(Cc2ccccc2)c(Cl)c1C(=O)Nc1ccccc1CN(C)C1CCCCC1. The molecule has 1 aromatic heterocycles. The summed E-state index contributed by atoms with van der Waals surface area (Å²) in [5.74, 6) is -0.223. The molecule has 1 fully saturated rings. The van der Waals surface area contributed by atoms with Crippen molar-refractivity contribution >= 4 is 23.2 Å². The first-order valence-corrected chi connectivity index (χ1v) is 11.8. The van der Waals surface area contributed by atoms with Crippen LogP contribution in [-0.2, 0) is 13.1 Å². The number of carbonyl (C=O) groups is 1. The summed E-state index contributed by atoms with van der Waals surface area (Å²) in [5, 5.41) is 7.97. The summed E-state index contributed by atoms with van der Waals surface area (Å²) < 4.78 is 1.68. The van der Waals surface area contributed by atoms with Crippen molar-refractivity contribution in [2.24, 2.45) is 0 Å². The third-order valence-electron chi connectivity index (χ3n) is 6.35. The molecular weight excluding hydrogens is 420 g/mol. The highest BCUT2D eigenvalue weighted by molar-refractivity contribution is 6.33. The Balaban J connectivity index is 1.50. The second-order valence-electron chi connectivity index (χ2n) is 8.71. The molecule has 3 aromatic rings. The van der Waals surface area contributed by atoms with Gasteiger partial charge in [-0.1, -0.05) is 79.4 Å². The van der Waals surface area contributed by atoms with E-state index in [0.29, 0.717) is 29.0 Å². The van der Waals surface area contributed by atoms with Gasteiger partial charge in [-0.3, -0.25) is 9.69 Å². The van der Waals surface area contributed by atoms with E-state index in [1.54, 1.807) is 4.68 Å². The van der Waals surface area contributed by atoms with Crippen LogP contribution in [0.2, 0.25) is 5.15 Å². The van der Waals surface area contributed by atoms with Crippen LogP contribution in [0.1, 0.15) is 59.3 Å². The summed E-state index contributed by atoms with van der Waals surface area (Å²) in [6.45, 7) is 3.16. The maximum Gasteiger partial charge on any atom is 0.260 e. The first kappa shape index (κ1) is 22.6. The van der Waals surface area contributed by atoms with Gasteiger partial charge in [-0.2, -0.15) is 5.10 Å². The Hall–Kier alpha value is -2.63. The van der Waals surface area contributed by atoms with Gasteiger partial charge in [-0.25, -0.2) is 4.68 Å². The van der Waals surface area contributed by atoms with E-state index < -0.39 is 0 Å². The molecule has 32 heavy (non-hydrogen) atoms. The van der Waals surface area contributed by atoms with Gasteiger partial charge in [0.05, 0.1) is 17.8 Å². The lowest BCUT2D eigenvalue weighted by Crippen LogP contribution is -2.33. The van der Waals surface area contributed by atoms with Crippen molar-refractivity contribution < 1.29 is 4.79 Å². The fraction of sp³-hybridized carbons (Fsp3) is 0.385. The average molecular weight is 451 g/mol. The molecular formula is C26H31ClN4O. The zero-order valence-corrected chi connectivity index (χ0v) is 19.6. The summed E-state index contributed by atoms with van der Waals surface area (Å²) in [5.41, 5.74) is 4.07. The van der Waals surface area contributed by atoms with Crippen LogP contribution in [0.4, 0.5) is 5.69 Å². The Bertz CT molecular complexity index is 1060. The molecule has 0 radical (unpaired) electrons. The largest absolute Gasteiger partial charge is 0.322 e. The van der Waals surface area contributed by atoms with Crippen molar-refractivity contribution in [3.8, 4) is 0 Å². The molecule has 0 atom stereocenters. The predicted octanol–water partition coefficient (Wildman–Crippen LogP) is 5.91. The fourth-order valence-electron chi connectivity index (χ4n) is 4.56. The molecule has 1 amide bonds. The number of hydrogen-bond donors (Lipinski definition) is 1. The van der Waals surface area contributed by atoms with Crippen LogP contribution in [0, 0.1) is 6.92 Å². The minimum Gasteiger partial charge on any atom is -0.322 e. The first-order chi connectivity index (χ1) is 15.5. The zero-order valence-electron chi connectivity index (χ0n) is 18.9. The third-order valence-corrected chi connectivity index (χ3v) is 6.74. The van der Waals surface area contributed by atoms with Gasteiger partial charge in [-0.15, -0.1) is 0 Å². The van der Waals surface area contributed by atoms with E-state index in [4.69, 9.17) is 11.6 Å². The Morgan fingerprint density at radius 1 is 1.09 bits per heavy atom. The van der Waals surface area contributed by atoms with Crippen LogP contribution in [0.5, 0.6) is 0 Å². The average Bonchev–Trinajstić information content (AvgIpc) is 3.09. The van der Waals surface area contributed by atoms with E-state index >= 15 is 0 Å². The van der Waals surface area contributed by atoms with Gasteiger partial charge >= 0.3 is 0 Å². The molecule has 5 nitrogen and oxygen atoms in total. The van der Waals surface area contributed by atoms with Gasteiger partial charge in [-0.05, 0) is 44.0 Å². The predicted molar refractivity (Wildman–Crippen MR) is 130 cm³/mol. The van der Waals surface area contributed by atoms with Gasteiger partial charge in [0.1, 0.15) is 5.15 Å². The highest BCUT2D eigenvalue weighted by atomic mass is 35.5. The van der Waals surface area contributed by atoms with E-state index in [2.05, 4.69) is 28.4 Å². The van der Waals surface area contributed by atoms with Crippen molar-refractivity contribution in [2.45, 2.75) is 58.2 Å². The van der Waals surface area contributed by atoms with Crippen LogP contribution >= 0.6 is 11.6 Å². The van der Waals surface area contributed by atoms with Crippen molar-refractivity contribution in [3.05, 3.63) is 82.1 Å². The second-order valence-corrected chi connectivity index (χ2v) is 9.07. The quantitative estimate of drug-likeness (QED) is 0.486. The van der Waals surface area contributed by atoms with Gasteiger partial charge in [0.25, 0.3) is 5.91 Å². The van der Waals surface area contributed by atoms with E-state index in [0.717, 1.165) is 23.4 Å². The van der Waals surface area contributed by atoms with Gasteiger partial charge < -0.3 is 5.32 Å². The third kappa shape index (κ3) is 5.22. The number of nitrogens with one attached hydrogen (secondary N) is 1. The fourth-order valence-corrected chi connectivity index (χ4v) is 4.88. The van der Waals surface area contributed by atoms with Crippen molar-refractivity contribution in [2.75, 3.05) is 12.4 Å².